The third-order valence-corrected chi connectivity index (χ3v) is 6.76. The number of rotatable bonds is 5. The third kappa shape index (κ3) is 4.18. The van der Waals surface area contributed by atoms with E-state index < -0.39 is 9.84 Å². The highest BCUT2D eigenvalue weighted by molar-refractivity contribution is 7.91. The Kier molecular flexibility index (Phi) is 5.59. The highest BCUT2D eigenvalue weighted by Gasteiger charge is 2.31. The van der Waals surface area contributed by atoms with Gasteiger partial charge in [-0.3, -0.25) is 0 Å². The van der Waals surface area contributed by atoms with Gasteiger partial charge in [0.1, 0.15) is 11.8 Å². The molecule has 3 rings (SSSR count). The van der Waals surface area contributed by atoms with Crippen LogP contribution in [0.3, 0.4) is 0 Å². The van der Waals surface area contributed by atoms with E-state index in [0.29, 0.717) is 9.92 Å². The fourth-order valence-corrected chi connectivity index (χ4v) is 5.18. The van der Waals surface area contributed by atoms with Crippen LogP contribution in [0.1, 0.15) is 30.9 Å². The van der Waals surface area contributed by atoms with Crippen LogP contribution in [-0.4, -0.2) is 27.3 Å². The van der Waals surface area contributed by atoms with Gasteiger partial charge >= 0.3 is 0 Å². The summed E-state index contributed by atoms with van der Waals surface area (Å²) in [7, 11) is -3.35. The molecule has 0 amide bonds. The quantitative estimate of drug-likeness (QED) is 0.885. The zero-order valence-corrected chi connectivity index (χ0v) is 15.2. The molecule has 0 spiro atoms. The summed E-state index contributed by atoms with van der Waals surface area (Å²) in [4.78, 5) is 1.73. The molecular formula is C19H23ClNO2S+. The van der Waals surface area contributed by atoms with Gasteiger partial charge in [0.25, 0.3) is 0 Å². The van der Waals surface area contributed by atoms with Gasteiger partial charge in [-0.2, -0.15) is 0 Å². The molecule has 0 aromatic heterocycles. The Balaban J connectivity index is 1.89. The lowest BCUT2D eigenvalue weighted by molar-refractivity contribution is -0.933. The van der Waals surface area contributed by atoms with Gasteiger partial charge in [-0.1, -0.05) is 41.9 Å². The Morgan fingerprint density at radius 1 is 0.917 bits per heavy atom. The van der Waals surface area contributed by atoms with Crippen molar-refractivity contribution in [3.63, 3.8) is 0 Å². The normalized spacial score (nSPS) is 17.5. The lowest BCUT2D eigenvalue weighted by Gasteiger charge is -2.31. The predicted octanol–water partition coefficient (Wildman–Crippen LogP) is 2.92. The van der Waals surface area contributed by atoms with Crippen molar-refractivity contribution in [3.8, 4) is 0 Å². The number of hydrogen-bond donors (Lipinski definition) is 1. The van der Waals surface area contributed by atoms with Crippen molar-refractivity contribution in [2.24, 2.45) is 0 Å². The summed E-state index contributed by atoms with van der Waals surface area (Å²) in [5, 5.41) is 0.551. The average molecular weight is 365 g/mol. The van der Waals surface area contributed by atoms with Crippen LogP contribution in [0.25, 0.3) is 0 Å². The van der Waals surface area contributed by atoms with E-state index in [0.717, 1.165) is 18.7 Å². The first-order valence-electron chi connectivity index (χ1n) is 8.44. The van der Waals surface area contributed by atoms with Gasteiger partial charge in [-0.05, 0) is 43.5 Å². The zero-order chi connectivity index (χ0) is 17.0. The largest absolute Gasteiger partial charge is 0.328 e. The van der Waals surface area contributed by atoms with E-state index in [1.165, 1.54) is 24.2 Å². The van der Waals surface area contributed by atoms with Crippen LogP contribution in [0, 0.1) is 0 Å². The van der Waals surface area contributed by atoms with E-state index in [2.05, 4.69) is 0 Å². The molecule has 1 N–H and O–H groups in total. The standard InChI is InChI=1S/C19H22ClNO2S/c20-17-9-11-18(12-10-17)24(22,23)15-19(16-7-3-1-4-8-16)21-13-5-2-6-14-21/h1,3-4,7-12,19H,2,5-6,13-15H2/p+1/t19-/m1/s1. The molecule has 3 nitrogen and oxygen atoms in total. The highest BCUT2D eigenvalue weighted by atomic mass is 35.5. The summed E-state index contributed by atoms with van der Waals surface area (Å²) >= 11 is 5.89. The molecule has 1 saturated heterocycles. The van der Waals surface area contributed by atoms with E-state index in [4.69, 9.17) is 11.6 Å². The Morgan fingerprint density at radius 3 is 2.17 bits per heavy atom. The summed E-state index contributed by atoms with van der Waals surface area (Å²) in [6, 6.07) is 16.5. The minimum Gasteiger partial charge on any atom is -0.328 e. The lowest BCUT2D eigenvalue weighted by Crippen LogP contribution is -3.13. The molecule has 24 heavy (non-hydrogen) atoms. The van der Waals surface area contributed by atoms with Crippen LogP contribution in [0.2, 0.25) is 5.02 Å². The molecule has 2 aromatic carbocycles. The van der Waals surface area contributed by atoms with E-state index >= 15 is 0 Å². The van der Waals surface area contributed by atoms with Gasteiger partial charge < -0.3 is 4.90 Å². The zero-order valence-electron chi connectivity index (χ0n) is 13.6. The molecular weight excluding hydrogens is 342 g/mol. The van der Waals surface area contributed by atoms with E-state index in [9.17, 15) is 8.42 Å². The summed E-state index contributed by atoms with van der Waals surface area (Å²) in [5.74, 6) is 0.133. The molecule has 128 valence electrons. The number of halogens is 1. The van der Waals surface area contributed by atoms with Gasteiger partial charge in [0.15, 0.2) is 9.84 Å². The predicted molar refractivity (Wildman–Crippen MR) is 97.2 cm³/mol. The van der Waals surface area contributed by atoms with E-state index in [1.54, 1.807) is 24.3 Å². The minimum atomic E-state index is -3.35. The Hall–Kier alpha value is -1.36. The smallest absolute Gasteiger partial charge is 0.184 e. The monoisotopic (exact) mass is 364 g/mol. The molecule has 1 heterocycles. The molecule has 0 unspecified atom stereocenters. The van der Waals surface area contributed by atoms with Gasteiger partial charge in [-0.25, -0.2) is 8.42 Å². The van der Waals surface area contributed by atoms with Crippen molar-refractivity contribution >= 4 is 21.4 Å². The Morgan fingerprint density at radius 2 is 1.54 bits per heavy atom. The van der Waals surface area contributed by atoms with Crippen LogP contribution in [0.15, 0.2) is 59.5 Å². The number of nitrogens with one attached hydrogen (secondary N) is 1. The number of quaternary nitrogens is 1. The van der Waals surface area contributed by atoms with Gasteiger partial charge in [-0.15, -0.1) is 0 Å². The molecule has 0 saturated carbocycles. The van der Waals surface area contributed by atoms with Crippen molar-refractivity contribution in [2.45, 2.75) is 30.2 Å². The van der Waals surface area contributed by atoms with Gasteiger partial charge in [0.2, 0.25) is 0 Å². The fourth-order valence-electron chi connectivity index (χ4n) is 3.45. The van der Waals surface area contributed by atoms with Crippen LogP contribution >= 0.6 is 11.6 Å². The molecule has 1 aliphatic rings. The van der Waals surface area contributed by atoms with Crippen LogP contribution in [-0.2, 0) is 9.84 Å². The summed E-state index contributed by atoms with van der Waals surface area (Å²) < 4.78 is 25.8. The van der Waals surface area contributed by atoms with Crippen molar-refractivity contribution in [1.29, 1.82) is 0 Å². The minimum absolute atomic E-state index is 0.0211. The van der Waals surface area contributed by atoms with E-state index in [1.807, 2.05) is 30.3 Å². The summed E-state index contributed by atoms with van der Waals surface area (Å²) in [6.45, 7) is 2.07. The first-order chi connectivity index (χ1) is 11.6. The van der Waals surface area contributed by atoms with Crippen molar-refractivity contribution in [1.82, 2.24) is 0 Å². The maximum atomic E-state index is 12.9. The third-order valence-electron chi connectivity index (χ3n) is 4.75. The Bertz CT molecular complexity index is 754. The highest BCUT2D eigenvalue weighted by Crippen LogP contribution is 2.20. The Labute approximate surface area is 149 Å². The molecule has 1 fully saturated rings. The summed E-state index contributed by atoms with van der Waals surface area (Å²) in [5.41, 5.74) is 1.10. The molecule has 1 aliphatic heterocycles. The molecule has 0 aliphatic carbocycles. The molecule has 5 heteroatoms. The number of piperidine rings is 1. The number of sulfone groups is 1. The molecule has 0 bridgehead atoms. The van der Waals surface area contributed by atoms with E-state index in [-0.39, 0.29) is 11.8 Å². The second-order valence-corrected chi connectivity index (χ2v) is 8.89. The SMILES string of the molecule is O=S(=O)(C[C@H](c1ccccc1)[NH+]1CCCCC1)c1ccc(Cl)cc1. The summed E-state index contributed by atoms with van der Waals surface area (Å²) in [6.07, 6.45) is 3.58. The topological polar surface area (TPSA) is 38.6 Å². The maximum Gasteiger partial charge on any atom is 0.184 e. The molecule has 0 radical (unpaired) electrons. The van der Waals surface area contributed by atoms with Crippen molar-refractivity contribution < 1.29 is 13.3 Å². The fraction of sp³-hybridized carbons (Fsp3) is 0.368. The first-order valence-corrected chi connectivity index (χ1v) is 10.5. The lowest BCUT2D eigenvalue weighted by atomic mass is 10.0. The average Bonchev–Trinajstić information content (AvgIpc) is 2.62. The van der Waals surface area contributed by atoms with Crippen LogP contribution in [0.5, 0.6) is 0 Å². The maximum absolute atomic E-state index is 12.9. The van der Waals surface area contributed by atoms with Crippen LogP contribution in [0.4, 0.5) is 0 Å². The number of benzene rings is 2. The second kappa shape index (κ2) is 7.68. The first kappa shape index (κ1) is 17.5. The number of hydrogen-bond acceptors (Lipinski definition) is 2. The number of likely N-dealkylation sites (tertiary alicyclic amines) is 1. The van der Waals surface area contributed by atoms with Gasteiger partial charge in [0.05, 0.1) is 18.0 Å². The second-order valence-electron chi connectivity index (χ2n) is 6.42. The van der Waals surface area contributed by atoms with Crippen molar-refractivity contribution in [3.05, 3.63) is 65.2 Å². The molecule has 1 atom stereocenters. The van der Waals surface area contributed by atoms with Gasteiger partial charge in [0, 0.05) is 10.6 Å². The van der Waals surface area contributed by atoms with Crippen LogP contribution < -0.4 is 4.90 Å². The van der Waals surface area contributed by atoms with Crippen molar-refractivity contribution in [2.75, 3.05) is 18.8 Å². The molecule has 2 aromatic rings.